The molecule has 1 unspecified atom stereocenters. The second kappa shape index (κ2) is 21.2. The number of ether oxygens (including phenoxy) is 3. The number of para-hydroxylation sites is 2. The molecule has 4 amide bonds. The first-order valence-corrected chi connectivity index (χ1v) is 28.0. The van der Waals surface area contributed by atoms with E-state index in [0.717, 1.165) is 78.4 Å². The smallest absolute Gasteiger partial charge is 0.279 e. The van der Waals surface area contributed by atoms with Gasteiger partial charge >= 0.3 is 0 Å². The number of nitrogens with one attached hydrogen (secondary N) is 2. The summed E-state index contributed by atoms with van der Waals surface area (Å²) >= 11 is 0. The van der Waals surface area contributed by atoms with Crippen molar-refractivity contribution in [2.45, 2.75) is 107 Å². The third-order valence-corrected chi connectivity index (χ3v) is 18.8. The molecule has 0 spiro atoms. The van der Waals surface area contributed by atoms with Crippen LogP contribution in [0.15, 0.2) is 91.0 Å². The molecule has 5 aromatic rings. The Morgan fingerprint density at radius 3 is 1.88 bits per heavy atom. The molecule has 2 N–H and O–H groups in total. The van der Waals surface area contributed by atoms with Crippen LogP contribution in [0, 0.1) is 6.92 Å². The lowest BCUT2D eigenvalue weighted by molar-refractivity contribution is -0.120. The second-order valence-corrected chi connectivity index (χ2v) is 24.4. The molecule has 17 heteroatoms. The summed E-state index contributed by atoms with van der Waals surface area (Å²) in [5.74, 6) is 1.01. The number of benzene rings is 5. The highest BCUT2D eigenvalue weighted by Gasteiger charge is 2.39. The van der Waals surface area contributed by atoms with Gasteiger partial charge in [-0.2, -0.15) is 8.42 Å². The molecule has 4 aliphatic rings. The van der Waals surface area contributed by atoms with Gasteiger partial charge in [0.1, 0.15) is 19.0 Å². The third kappa shape index (κ3) is 10.7. The second-order valence-electron chi connectivity index (χ2n) is 19.4. The largest absolute Gasteiger partial charge is 0.493 e. The molecule has 4 heterocycles. The summed E-state index contributed by atoms with van der Waals surface area (Å²) in [4.78, 5) is 58.3. The van der Waals surface area contributed by atoms with Gasteiger partial charge < -0.3 is 34.6 Å². The van der Waals surface area contributed by atoms with Crippen molar-refractivity contribution >= 4 is 72.4 Å². The number of carbonyl (C=O) groups excluding carboxylic acids is 4. The van der Waals surface area contributed by atoms with Crippen molar-refractivity contribution in [3.63, 3.8) is 0 Å². The molecule has 0 aromatic heterocycles. The zero-order valence-corrected chi connectivity index (χ0v) is 43.8. The molecule has 5 aromatic carbocycles. The van der Waals surface area contributed by atoms with Crippen molar-refractivity contribution in [3.8, 4) is 17.2 Å². The maximum Gasteiger partial charge on any atom is 0.279 e. The zero-order chi connectivity index (χ0) is 50.9. The summed E-state index contributed by atoms with van der Waals surface area (Å²) in [5.41, 5.74) is 10.4. The molecular formula is C55H60N4O10S3. The Kier molecular flexibility index (Phi) is 15.0. The van der Waals surface area contributed by atoms with Gasteiger partial charge in [-0.25, -0.2) is 0 Å². The van der Waals surface area contributed by atoms with E-state index in [0.29, 0.717) is 46.2 Å². The van der Waals surface area contributed by atoms with Crippen LogP contribution in [0.5, 0.6) is 17.2 Å². The molecule has 0 saturated carbocycles. The number of carbonyl (C=O) groups is 4. The van der Waals surface area contributed by atoms with Gasteiger partial charge in [0.15, 0.2) is 16.7 Å². The number of rotatable bonds is 18. The Balaban J connectivity index is 0.928. The highest BCUT2D eigenvalue weighted by Crippen LogP contribution is 2.43. The summed E-state index contributed by atoms with van der Waals surface area (Å²) in [7, 11) is 2.71. The normalized spacial score (nSPS) is 17.3. The van der Waals surface area contributed by atoms with E-state index in [1.807, 2.05) is 103 Å². The van der Waals surface area contributed by atoms with Gasteiger partial charge in [-0.05, 0) is 159 Å². The standard InChI is InChI=1S/C55H60N4O10S3/c1-33-21-43-36(15-17-41-25-38-11-7-9-13-45(38)58(41)53(43)62)27-47(33)68-31-34-22-35(24-40(23-34)57-51(60)30-55(2,3)71-70-20-19-50(52(61)56-4)72(64,65)67-6)32-69-49-28-37-16-18-42-26-39-12-8-10-14-46(39)59(42)54(63)44(37)29-48(49)66-5/h7-14,21-24,27-29,41-42,50H,15-20,25-26,30-32H2,1-6H3,(H,56,61)(H,57,60)/t41-,42-,50?/m1/s1. The Morgan fingerprint density at radius 2 is 1.31 bits per heavy atom. The molecule has 4 aliphatic heterocycles. The lowest BCUT2D eigenvalue weighted by Crippen LogP contribution is -2.39. The van der Waals surface area contributed by atoms with E-state index in [2.05, 4.69) is 26.9 Å². The molecule has 0 aliphatic carbocycles. The maximum atomic E-state index is 14.1. The zero-order valence-electron chi connectivity index (χ0n) is 41.4. The Morgan fingerprint density at radius 1 is 0.750 bits per heavy atom. The van der Waals surface area contributed by atoms with E-state index >= 15 is 0 Å². The first-order chi connectivity index (χ1) is 34.6. The highest BCUT2D eigenvalue weighted by molar-refractivity contribution is 8.77. The van der Waals surface area contributed by atoms with Crippen LogP contribution in [0.1, 0.15) is 99.2 Å². The van der Waals surface area contributed by atoms with Crippen LogP contribution in [0.2, 0.25) is 0 Å². The van der Waals surface area contributed by atoms with Crippen molar-refractivity contribution < 1.29 is 46.0 Å². The lowest BCUT2D eigenvalue weighted by Gasteiger charge is -2.23. The Bertz CT molecular complexity index is 3050. The van der Waals surface area contributed by atoms with Gasteiger partial charge in [-0.15, -0.1) is 0 Å². The van der Waals surface area contributed by atoms with Crippen LogP contribution in [0.4, 0.5) is 17.1 Å². The predicted molar refractivity (Wildman–Crippen MR) is 283 cm³/mol. The number of hydrogen-bond donors (Lipinski definition) is 2. The molecular weight excluding hydrogens is 973 g/mol. The van der Waals surface area contributed by atoms with Gasteiger partial charge in [-0.3, -0.25) is 23.4 Å². The number of hydrogen-bond acceptors (Lipinski definition) is 12. The summed E-state index contributed by atoms with van der Waals surface area (Å²) in [5, 5.41) is 4.14. The quantitative estimate of drug-likeness (QED) is 0.0486. The first-order valence-electron chi connectivity index (χ1n) is 24.2. The van der Waals surface area contributed by atoms with E-state index in [9.17, 15) is 27.6 Å². The summed E-state index contributed by atoms with van der Waals surface area (Å²) in [6.45, 7) is 6.07. The van der Waals surface area contributed by atoms with Crippen LogP contribution in [-0.2, 0) is 62.8 Å². The van der Waals surface area contributed by atoms with Crippen molar-refractivity contribution in [1.29, 1.82) is 0 Å². The Labute approximate surface area is 429 Å². The molecule has 0 fully saturated rings. The van der Waals surface area contributed by atoms with E-state index in [4.69, 9.17) is 14.2 Å². The van der Waals surface area contributed by atoms with Gasteiger partial charge in [0.25, 0.3) is 21.9 Å². The van der Waals surface area contributed by atoms with Gasteiger partial charge in [0.2, 0.25) is 11.8 Å². The first kappa shape index (κ1) is 50.9. The van der Waals surface area contributed by atoms with E-state index in [1.54, 1.807) is 13.2 Å². The van der Waals surface area contributed by atoms with Crippen LogP contribution in [-0.4, -0.2) is 81.1 Å². The fraction of sp³-hybridized carbons (Fsp3) is 0.382. The summed E-state index contributed by atoms with van der Waals surface area (Å²) in [6.07, 6.45) is 4.89. The number of anilines is 3. The van der Waals surface area contributed by atoms with Gasteiger partial charge in [-0.1, -0.05) is 58.0 Å². The molecule has 3 atom stereocenters. The van der Waals surface area contributed by atoms with Crippen LogP contribution >= 0.6 is 21.6 Å². The molecule has 378 valence electrons. The van der Waals surface area contributed by atoms with E-state index in [1.165, 1.54) is 39.8 Å². The number of nitrogens with zero attached hydrogens (tertiary/aromatic N) is 2. The summed E-state index contributed by atoms with van der Waals surface area (Å²) in [6, 6.07) is 29.7. The average Bonchev–Trinajstić information content (AvgIpc) is 3.85. The van der Waals surface area contributed by atoms with Crippen LogP contribution in [0.25, 0.3) is 0 Å². The fourth-order valence-corrected chi connectivity index (χ4v) is 14.2. The van der Waals surface area contributed by atoms with E-state index < -0.39 is 26.0 Å². The molecule has 0 saturated heterocycles. The fourth-order valence-electron chi connectivity index (χ4n) is 10.4. The Hall–Kier alpha value is -6.01. The average molecular weight is 1030 g/mol. The molecule has 9 rings (SSSR count). The van der Waals surface area contributed by atoms with Crippen LogP contribution < -0.4 is 34.6 Å². The number of amides is 4. The van der Waals surface area contributed by atoms with Gasteiger partial charge in [0, 0.05) is 64.2 Å². The SMILES string of the molecule is CNC(=O)C(CCSSC(C)(C)CC(=O)Nc1cc(COc2cc3c(cc2C)C(=O)N2c4ccccc4C[C@H]2CC3)cc(COc2cc3c(cc2OC)C(=O)N2c4ccccc4C[C@H]2CC3)c1)S(=O)(=O)OC. The number of methoxy groups -OCH3 is 1. The molecule has 14 nitrogen and oxygen atoms in total. The lowest BCUT2D eigenvalue weighted by atomic mass is 9.98. The van der Waals surface area contributed by atoms with Gasteiger partial charge in [0.05, 0.1) is 14.2 Å². The topological polar surface area (TPSA) is 170 Å². The minimum Gasteiger partial charge on any atom is -0.493 e. The van der Waals surface area contributed by atoms with Crippen molar-refractivity contribution in [1.82, 2.24) is 5.32 Å². The minimum absolute atomic E-state index is 0.0105. The number of fused-ring (bicyclic) bond motifs is 8. The van der Waals surface area contributed by atoms with Crippen molar-refractivity contribution in [2.24, 2.45) is 0 Å². The van der Waals surface area contributed by atoms with Crippen molar-refractivity contribution in [3.05, 3.63) is 141 Å². The molecule has 72 heavy (non-hydrogen) atoms. The maximum absolute atomic E-state index is 14.1. The van der Waals surface area contributed by atoms with Crippen molar-refractivity contribution in [2.75, 3.05) is 42.1 Å². The highest BCUT2D eigenvalue weighted by atomic mass is 33.1. The van der Waals surface area contributed by atoms with E-state index in [-0.39, 0.29) is 55.9 Å². The molecule has 0 radical (unpaired) electrons. The van der Waals surface area contributed by atoms with Crippen LogP contribution in [0.3, 0.4) is 0 Å². The third-order valence-electron chi connectivity index (χ3n) is 13.9. The monoisotopic (exact) mass is 1030 g/mol. The molecule has 0 bridgehead atoms. The number of aryl methyl sites for hydroxylation is 3. The minimum atomic E-state index is -4.08. The summed E-state index contributed by atoms with van der Waals surface area (Å²) < 4.78 is 47.8. The predicted octanol–water partition coefficient (Wildman–Crippen LogP) is 9.17.